The highest BCUT2D eigenvalue weighted by Crippen LogP contribution is 2.36. The van der Waals surface area contributed by atoms with Gasteiger partial charge in [0.25, 0.3) is 15.7 Å². The third-order valence-corrected chi connectivity index (χ3v) is 8.62. The minimum atomic E-state index is -4.43. The van der Waals surface area contributed by atoms with E-state index >= 15 is 0 Å². The number of aryl methyl sites for hydroxylation is 1. The first-order chi connectivity index (χ1) is 18.6. The van der Waals surface area contributed by atoms with Crippen molar-refractivity contribution in [2.24, 2.45) is 0 Å². The highest BCUT2D eigenvalue weighted by atomic mass is 35.5. The molecule has 0 aromatic heterocycles. The van der Waals surface area contributed by atoms with Gasteiger partial charge in [0.1, 0.15) is 12.3 Å². The first-order valence-corrected chi connectivity index (χ1v) is 14.1. The highest BCUT2D eigenvalue weighted by Gasteiger charge is 2.33. The smallest absolute Gasteiger partial charge is 0.273 e. The second-order valence-corrected chi connectivity index (χ2v) is 11.5. The zero-order valence-electron chi connectivity index (χ0n) is 21.6. The van der Waals surface area contributed by atoms with Gasteiger partial charge in [0.2, 0.25) is 5.91 Å². The zero-order valence-corrected chi connectivity index (χ0v) is 23.2. The summed E-state index contributed by atoms with van der Waals surface area (Å²) in [7, 11) is -3.05. The molecule has 1 fully saturated rings. The van der Waals surface area contributed by atoms with Crippen LogP contribution in [0.15, 0.2) is 71.6 Å². The number of halogens is 1. The van der Waals surface area contributed by atoms with Gasteiger partial charge in [-0.1, -0.05) is 48.0 Å². The van der Waals surface area contributed by atoms with Crippen LogP contribution in [-0.4, -0.2) is 68.9 Å². The third kappa shape index (κ3) is 6.49. The number of hydrogen-bond acceptors (Lipinski definition) is 7. The summed E-state index contributed by atoms with van der Waals surface area (Å²) in [6.45, 7) is 3.89. The highest BCUT2D eigenvalue weighted by molar-refractivity contribution is 7.92. The maximum absolute atomic E-state index is 13.9. The van der Waals surface area contributed by atoms with Crippen molar-refractivity contribution in [1.82, 2.24) is 9.80 Å². The molecule has 12 heteroatoms. The van der Waals surface area contributed by atoms with Crippen LogP contribution in [0.2, 0.25) is 5.02 Å². The number of amides is 1. The molecule has 4 rings (SSSR count). The Bertz CT molecular complexity index is 1460. The van der Waals surface area contributed by atoms with Gasteiger partial charge >= 0.3 is 0 Å². The van der Waals surface area contributed by atoms with Crippen LogP contribution < -0.4 is 9.04 Å². The van der Waals surface area contributed by atoms with Crippen molar-refractivity contribution in [3.63, 3.8) is 0 Å². The maximum Gasteiger partial charge on any atom is 0.273 e. The predicted octanol–water partition coefficient (Wildman–Crippen LogP) is 4.10. The number of benzene rings is 3. The quantitative estimate of drug-likeness (QED) is 0.280. The fourth-order valence-corrected chi connectivity index (χ4v) is 6.05. The second-order valence-electron chi connectivity index (χ2n) is 9.18. The van der Waals surface area contributed by atoms with E-state index in [1.165, 1.54) is 43.9 Å². The molecule has 0 unspecified atom stereocenters. The van der Waals surface area contributed by atoms with Gasteiger partial charge in [0.05, 0.1) is 22.6 Å². The minimum absolute atomic E-state index is 0.0595. The molecule has 0 N–H and O–H groups in total. The van der Waals surface area contributed by atoms with Crippen LogP contribution in [0.25, 0.3) is 0 Å². The standard InChI is InChI=1S/C27H29ClN4O6S/c1-20-8-10-23(17-24(20)32(34)35)39(36,37)31(25-16-22(28)9-11-26(25)38-2)19-27(33)30-14-12-29(13-15-30)18-21-6-4-3-5-7-21/h3-11,16-17H,12-15,18-19H2,1-2H3. The van der Waals surface area contributed by atoms with Crippen molar-refractivity contribution in [1.29, 1.82) is 0 Å². The largest absolute Gasteiger partial charge is 0.495 e. The lowest BCUT2D eigenvalue weighted by Crippen LogP contribution is -2.51. The summed E-state index contributed by atoms with van der Waals surface area (Å²) in [5, 5.41) is 11.7. The Morgan fingerprint density at radius 2 is 1.74 bits per heavy atom. The molecule has 0 aliphatic carbocycles. The van der Waals surface area contributed by atoms with E-state index in [1.54, 1.807) is 11.0 Å². The monoisotopic (exact) mass is 572 g/mol. The molecule has 0 bridgehead atoms. The van der Waals surface area contributed by atoms with Crippen LogP contribution in [0.1, 0.15) is 11.1 Å². The Morgan fingerprint density at radius 1 is 1.05 bits per heavy atom. The molecule has 206 valence electrons. The molecule has 1 amide bonds. The van der Waals surface area contributed by atoms with Gasteiger partial charge in [0.15, 0.2) is 0 Å². The molecule has 1 aliphatic rings. The van der Waals surface area contributed by atoms with Crippen molar-refractivity contribution >= 4 is 38.9 Å². The molecule has 0 spiro atoms. The average Bonchev–Trinajstić information content (AvgIpc) is 2.92. The number of nitro groups is 1. The summed E-state index contributed by atoms with van der Waals surface area (Å²) < 4.78 is 34.1. The summed E-state index contributed by atoms with van der Waals surface area (Å²) >= 11 is 6.20. The summed E-state index contributed by atoms with van der Waals surface area (Å²) in [6.07, 6.45) is 0. The summed E-state index contributed by atoms with van der Waals surface area (Å²) in [5.41, 5.74) is 1.21. The number of carbonyl (C=O) groups is 1. The Morgan fingerprint density at radius 3 is 2.38 bits per heavy atom. The van der Waals surface area contributed by atoms with Gasteiger partial charge in [-0.2, -0.15) is 0 Å². The fourth-order valence-electron chi connectivity index (χ4n) is 4.45. The summed E-state index contributed by atoms with van der Waals surface area (Å²) in [5.74, 6) is -0.216. The van der Waals surface area contributed by atoms with Crippen LogP contribution in [0, 0.1) is 17.0 Å². The molecular formula is C27H29ClN4O6S. The zero-order chi connectivity index (χ0) is 28.2. The Hall–Kier alpha value is -3.67. The predicted molar refractivity (Wildman–Crippen MR) is 149 cm³/mol. The second kappa shape index (κ2) is 12.0. The maximum atomic E-state index is 13.9. The summed E-state index contributed by atoms with van der Waals surface area (Å²) in [4.78, 5) is 27.9. The van der Waals surface area contributed by atoms with E-state index in [-0.39, 0.29) is 27.0 Å². The number of hydrogen-bond donors (Lipinski definition) is 0. The first-order valence-electron chi connectivity index (χ1n) is 12.3. The lowest BCUT2D eigenvalue weighted by Gasteiger charge is -2.36. The minimum Gasteiger partial charge on any atom is -0.495 e. The first kappa shape index (κ1) is 28.3. The molecule has 3 aromatic rings. The van der Waals surface area contributed by atoms with E-state index in [0.29, 0.717) is 31.7 Å². The molecule has 1 saturated heterocycles. The summed E-state index contributed by atoms with van der Waals surface area (Å²) in [6, 6.07) is 18.1. The van der Waals surface area contributed by atoms with E-state index in [0.717, 1.165) is 16.9 Å². The molecule has 1 aliphatic heterocycles. The number of nitrogens with zero attached hydrogens (tertiary/aromatic N) is 4. The lowest BCUT2D eigenvalue weighted by atomic mass is 10.2. The fraction of sp³-hybridized carbons (Fsp3) is 0.296. The molecule has 39 heavy (non-hydrogen) atoms. The van der Waals surface area contributed by atoms with Crippen LogP contribution in [0.3, 0.4) is 0 Å². The number of nitro benzene ring substituents is 1. The van der Waals surface area contributed by atoms with Crippen molar-refractivity contribution in [3.8, 4) is 5.75 Å². The molecule has 10 nitrogen and oxygen atoms in total. The molecular weight excluding hydrogens is 544 g/mol. The molecule has 0 saturated carbocycles. The SMILES string of the molecule is COc1ccc(Cl)cc1N(CC(=O)N1CCN(Cc2ccccc2)CC1)S(=O)(=O)c1ccc(C)c([N+](=O)[O-])c1. The van der Waals surface area contributed by atoms with Gasteiger partial charge in [-0.3, -0.25) is 24.1 Å². The van der Waals surface area contributed by atoms with E-state index in [4.69, 9.17) is 16.3 Å². The van der Waals surface area contributed by atoms with Crippen molar-refractivity contribution in [2.75, 3.05) is 44.1 Å². The van der Waals surface area contributed by atoms with E-state index in [2.05, 4.69) is 4.90 Å². The van der Waals surface area contributed by atoms with Gasteiger partial charge < -0.3 is 9.64 Å². The van der Waals surface area contributed by atoms with E-state index in [9.17, 15) is 23.3 Å². The lowest BCUT2D eigenvalue weighted by molar-refractivity contribution is -0.385. The number of piperazine rings is 1. The van der Waals surface area contributed by atoms with Gasteiger partial charge in [-0.05, 0) is 36.8 Å². The molecule has 0 radical (unpaired) electrons. The Labute approximate surface area is 232 Å². The normalized spacial score (nSPS) is 14.2. The Balaban J connectivity index is 1.61. The van der Waals surface area contributed by atoms with Gasteiger partial charge in [-0.25, -0.2) is 8.42 Å². The van der Waals surface area contributed by atoms with Gasteiger partial charge in [0, 0.05) is 49.4 Å². The topological polar surface area (TPSA) is 113 Å². The number of rotatable bonds is 9. The van der Waals surface area contributed by atoms with Crippen molar-refractivity contribution in [2.45, 2.75) is 18.4 Å². The molecule has 3 aromatic carbocycles. The number of methoxy groups -OCH3 is 1. The third-order valence-electron chi connectivity index (χ3n) is 6.63. The van der Waals surface area contributed by atoms with E-state index in [1.807, 2.05) is 30.3 Å². The number of ether oxygens (including phenoxy) is 1. The van der Waals surface area contributed by atoms with Gasteiger partial charge in [-0.15, -0.1) is 0 Å². The van der Waals surface area contributed by atoms with E-state index < -0.39 is 27.4 Å². The number of sulfonamides is 1. The van der Waals surface area contributed by atoms with Crippen LogP contribution in [0.5, 0.6) is 5.75 Å². The van der Waals surface area contributed by atoms with Crippen LogP contribution in [-0.2, 0) is 21.4 Å². The molecule has 1 heterocycles. The number of carbonyl (C=O) groups excluding carboxylic acids is 1. The van der Waals surface area contributed by atoms with Crippen LogP contribution >= 0.6 is 11.6 Å². The van der Waals surface area contributed by atoms with Crippen LogP contribution in [0.4, 0.5) is 11.4 Å². The molecule has 0 atom stereocenters. The van der Waals surface area contributed by atoms with Crippen molar-refractivity contribution < 1.29 is 22.9 Å². The van der Waals surface area contributed by atoms with Crippen molar-refractivity contribution in [3.05, 3.63) is 93.0 Å². The Kier molecular flexibility index (Phi) is 8.73. The average molecular weight is 573 g/mol. The number of anilines is 1.